The number of methoxy groups -OCH3 is 1. The molecule has 1 aromatic heterocycles. The maximum atomic E-state index is 12.3. The lowest BCUT2D eigenvalue weighted by Crippen LogP contribution is -2.22. The molecule has 1 aliphatic carbocycles. The third-order valence-electron chi connectivity index (χ3n) is 5.30. The van der Waals surface area contributed by atoms with Gasteiger partial charge < -0.3 is 14.0 Å². The van der Waals surface area contributed by atoms with Gasteiger partial charge in [-0.25, -0.2) is 9.78 Å². The second-order valence-electron chi connectivity index (χ2n) is 7.04. The molecule has 1 saturated carbocycles. The van der Waals surface area contributed by atoms with Crippen molar-refractivity contribution in [2.75, 3.05) is 7.11 Å². The monoisotopic (exact) mass is 376 g/mol. The summed E-state index contributed by atoms with van der Waals surface area (Å²) in [5.41, 5.74) is 3.27. The largest absolute Gasteiger partial charge is 0.464 e. The molecule has 5 heteroatoms. The minimum Gasteiger partial charge on any atom is -0.464 e. The molecule has 0 bridgehead atoms. The topological polar surface area (TPSA) is 53.3 Å². The molecule has 1 unspecified atom stereocenters. The van der Waals surface area contributed by atoms with Crippen molar-refractivity contribution >= 4 is 5.97 Å². The van der Waals surface area contributed by atoms with E-state index < -0.39 is 5.97 Å². The SMILES string of the molecule is COC(=O)c1ncn(C2CCC[C@H]2OCc2ccccc2)c1-c1ccccc1. The number of esters is 1. The number of nitrogens with zero attached hydrogens (tertiary/aromatic N) is 2. The number of aromatic nitrogens is 2. The molecule has 1 heterocycles. The fraction of sp³-hybridized carbons (Fsp3) is 0.304. The Hall–Kier alpha value is -2.92. The first kappa shape index (κ1) is 18.4. The molecule has 0 aliphatic heterocycles. The molecule has 1 fully saturated rings. The Morgan fingerprint density at radius 2 is 1.79 bits per heavy atom. The van der Waals surface area contributed by atoms with E-state index >= 15 is 0 Å². The molecule has 0 amide bonds. The predicted molar refractivity (Wildman–Crippen MR) is 107 cm³/mol. The molecule has 0 N–H and O–H groups in total. The lowest BCUT2D eigenvalue weighted by atomic mass is 10.1. The first-order valence-corrected chi connectivity index (χ1v) is 9.64. The summed E-state index contributed by atoms with van der Waals surface area (Å²) in [7, 11) is 1.39. The van der Waals surface area contributed by atoms with Crippen molar-refractivity contribution in [1.29, 1.82) is 0 Å². The van der Waals surface area contributed by atoms with Gasteiger partial charge in [-0.05, 0) is 24.8 Å². The molecule has 2 aromatic carbocycles. The number of benzene rings is 2. The van der Waals surface area contributed by atoms with Crippen LogP contribution in [-0.4, -0.2) is 28.7 Å². The van der Waals surface area contributed by atoms with Crippen LogP contribution < -0.4 is 0 Å². The molecule has 3 aromatic rings. The molecule has 0 spiro atoms. The number of carbonyl (C=O) groups is 1. The summed E-state index contributed by atoms with van der Waals surface area (Å²) in [6, 6.07) is 20.2. The third-order valence-corrected chi connectivity index (χ3v) is 5.30. The third kappa shape index (κ3) is 3.71. The van der Waals surface area contributed by atoms with Gasteiger partial charge in [-0.15, -0.1) is 0 Å². The van der Waals surface area contributed by atoms with Crippen LogP contribution in [0.3, 0.4) is 0 Å². The Balaban J connectivity index is 1.64. The van der Waals surface area contributed by atoms with E-state index in [0.717, 1.165) is 36.1 Å². The molecule has 4 rings (SSSR count). The van der Waals surface area contributed by atoms with Crippen LogP contribution in [0.25, 0.3) is 11.3 Å². The van der Waals surface area contributed by atoms with Crippen LogP contribution in [-0.2, 0) is 16.1 Å². The first-order chi connectivity index (χ1) is 13.8. The van der Waals surface area contributed by atoms with Crippen molar-refractivity contribution < 1.29 is 14.3 Å². The average Bonchev–Trinajstić information content (AvgIpc) is 3.39. The van der Waals surface area contributed by atoms with Gasteiger partial charge in [-0.3, -0.25) is 0 Å². The van der Waals surface area contributed by atoms with Crippen LogP contribution in [0.2, 0.25) is 0 Å². The van der Waals surface area contributed by atoms with Crippen LogP contribution in [0.1, 0.15) is 41.4 Å². The van der Waals surface area contributed by atoms with E-state index in [9.17, 15) is 4.79 Å². The van der Waals surface area contributed by atoms with E-state index in [0.29, 0.717) is 12.3 Å². The molecule has 5 nitrogen and oxygen atoms in total. The molecule has 1 aliphatic rings. The minimum atomic E-state index is -0.419. The lowest BCUT2D eigenvalue weighted by molar-refractivity contribution is 0.0198. The molecular formula is C23H24N2O3. The van der Waals surface area contributed by atoms with Gasteiger partial charge in [0.25, 0.3) is 0 Å². The Morgan fingerprint density at radius 1 is 1.07 bits per heavy atom. The number of carbonyl (C=O) groups excluding carboxylic acids is 1. The summed E-state index contributed by atoms with van der Waals surface area (Å²) < 4.78 is 13.3. The van der Waals surface area contributed by atoms with Gasteiger partial charge >= 0.3 is 5.97 Å². The quantitative estimate of drug-likeness (QED) is 0.588. The highest BCUT2D eigenvalue weighted by molar-refractivity contribution is 5.94. The van der Waals surface area contributed by atoms with E-state index in [2.05, 4.69) is 21.7 Å². The highest BCUT2D eigenvalue weighted by Gasteiger charge is 2.33. The van der Waals surface area contributed by atoms with Gasteiger partial charge in [0.1, 0.15) is 0 Å². The van der Waals surface area contributed by atoms with E-state index in [1.54, 1.807) is 6.33 Å². The van der Waals surface area contributed by atoms with E-state index in [1.165, 1.54) is 7.11 Å². The van der Waals surface area contributed by atoms with Gasteiger partial charge in [0.2, 0.25) is 0 Å². The van der Waals surface area contributed by atoms with Gasteiger partial charge in [-0.2, -0.15) is 0 Å². The highest BCUT2D eigenvalue weighted by Crippen LogP contribution is 2.37. The Morgan fingerprint density at radius 3 is 2.50 bits per heavy atom. The molecule has 0 radical (unpaired) electrons. The average molecular weight is 376 g/mol. The summed E-state index contributed by atoms with van der Waals surface area (Å²) in [6.45, 7) is 0.585. The zero-order valence-electron chi connectivity index (χ0n) is 16.0. The summed E-state index contributed by atoms with van der Waals surface area (Å²) in [6.07, 6.45) is 4.92. The van der Waals surface area contributed by atoms with E-state index in [1.807, 2.05) is 48.5 Å². The van der Waals surface area contributed by atoms with Crippen molar-refractivity contribution in [2.24, 2.45) is 0 Å². The minimum absolute atomic E-state index is 0.0855. The van der Waals surface area contributed by atoms with Gasteiger partial charge in [0.15, 0.2) is 5.69 Å². The van der Waals surface area contributed by atoms with Crippen LogP contribution in [0.5, 0.6) is 0 Å². The van der Waals surface area contributed by atoms with Gasteiger partial charge in [0.05, 0.1) is 37.9 Å². The van der Waals surface area contributed by atoms with Crippen LogP contribution in [0.15, 0.2) is 67.0 Å². The number of rotatable bonds is 6. The Kier molecular flexibility index (Phi) is 5.53. The standard InChI is InChI=1S/C23H24N2O3/c1-27-23(26)21-22(18-11-6-3-7-12-18)25(16-24-21)19-13-8-14-20(19)28-15-17-9-4-2-5-10-17/h2-7,9-12,16,19-20H,8,13-15H2,1H3/t19?,20-/m1/s1. The number of hydrogen-bond acceptors (Lipinski definition) is 4. The van der Waals surface area contributed by atoms with Crippen LogP contribution in [0.4, 0.5) is 0 Å². The molecule has 144 valence electrons. The van der Waals surface area contributed by atoms with Gasteiger partial charge in [-0.1, -0.05) is 60.7 Å². The Labute approximate surface area is 164 Å². The first-order valence-electron chi connectivity index (χ1n) is 9.64. The van der Waals surface area contributed by atoms with Crippen molar-refractivity contribution in [3.8, 4) is 11.3 Å². The Bertz CT molecular complexity index is 922. The number of hydrogen-bond donors (Lipinski definition) is 0. The zero-order valence-corrected chi connectivity index (χ0v) is 16.0. The fourth-order valence-corrected chi connectivity index (χ4v) is 3.94. The van der Waals surface area contributed by atoms with Crippen molar-refractivity contribution in [1.82, 2.24) is 9.55 Å². The predicted octanol–water partition coefficient (Wildman–Crippen LogP) is 4.65. The van der Waals surface area contributed by atoms with Crippen molar-refractivity contribution in [2.45, 2.75) is 38.0 Å². The fourth-order valence-electron chi connectivity index (χ4n) is 3.94. The number of imidazole rings is 1. The van der Waals surface area contributed by atoms with Gasteiger partial charge in [0, 0.05) is 5.56 Å². The molecular weight excluding hydrogens is 352 g/mol. The second-order valence-corrected chi connectivity index (χ2v) is 7.04. The molecule has 28 heavy (non-hydrogen) atoms. The molecule has 2 atom stereocenters. The highest BCUT2D eigenvalue weighted by atomic mass is 16.5. The van der Waals surface area contributed by atoms with E-state index in [4.69, 9.17) is 9.47 Å². The summed E-state index contributed by atoms with van der Waals surface area (Å²) in [5, 5.41) is 0. The summed E-state index contributed by atoms with van der Waals surface area (Å²) in [5.74, 6) is -0.419. The van der Waals surface area contributed by atoms with Crippen LogP contribution in [0, 0.1) is 0 Å². The number of ether oxygens (including phenoxy) is 2. The van der Waals surface area contributed by atoms with Crippen LogP contribution >= 0.6 is 0 Å². The normalized spacial score (nSPS) is 18.9. The zero-order chi connectivity index (χ0) is 19.3. The summed E-state index contributed by atoms with van der Waals surface area (Å²) >= 11 is 0. The molecule has 0 saturated heterocycles. The smallest absolute Gasteiger partial charge is 0.358 e. The summed E-state index contributed by atoms with van der Waals surface area (Å²) in [4.78, 5) is 16.7. The van der Waals surface area contributed by atoms with Crippen molar-refractivity contribution in [3.63, 3.8) is 0 Å². The lowest BCUT2D eigenvalue weighted by Gasteiger charge is -2.24. The van der Waals surface area contributed by atoms with Crippen molar-refractivity contribution in [3.05, 3.63) is 78.2 Å². The maximum absolute atomic E-state index is 12.3. The van der Waals surface area contributed by atoms with E-state index in [-0.39, 0.29) is 12.1 Å². The second kappa shape index (κ2) is 8.40. The maximum Gasteiger partial charge on any atom is 0.358 e.